The number of anilines is 2. The van der Waals surface area contributed by atoms with Crippen molar-refractivity contribution in [1.29, 1.82) is 0 Å². The van der Waals surface area contributed by atoms with Crippen molar-refractivity contribution >= 4 is 23.1 Å². The van der Waals surface area contributed by atoms with Gasteiger partial charge in [-0.1, -0.05) is 13.8 Å². The van der Waals surface area contributed by atoms with E-state index in [1.807, 2.05) is 6.92 Å². The smallest absolute Gasteiger partial charge is 0.224 e. The van der Waals surface area contributed by atoms with Gasteiger partial charge in [0.15, 0.2) is 5.82 Å². The zero-order valence-electron chi connectivity index (χ0n) is 10.1. The summed E-state index contributed by atoms with van der Waals surface area (Å²) in [5, 5.41) is 0.263. The van der Waals surface area contributed by atoms with Gasteiger partial charge in [0, 0.05) is 13.1 Å². The molecular weight excluding hydrogens is 224 g/mol. The van der Waals surface area contributed by atoms with Crippen molar-refractivity contribution < 1.29 is 0 Å². The predicted octanol–water partition coefficient (Wildman–Crippen LogP) is 2.65. The minimum absolute atomic E-state index is 0.263. The van der Waals surface area contributed by atoms with Gasteiger partial charge in [0.25, 0.3) is 0 Å². The summed E-state index contributed by atoms with van der Waals surface area (Å²) in [6.45, 7) is 7.99. The highest BCUT2D eigenvalue weighted by atomic mass is 35.5. The van der Waals surface area contributed by atoms with Crippen LogP contribution >= 0.6 is 11.6 Å². The third-order valence-corrected chi connectivity index (χ3v) is 2.54. The molecule has 4 nitrogen and oxygen atoms in total. The second-order valence-electron chi connectivity index (χ2n) is 3.80. The van der Waals surface area contributed by atoms with Gasteiger partial charge in [-0.2, -0.15) is 4.98 Å². The fraction of sp³-hybridized carbons (Fsp3) is 0.636. The van der Waals surface area contributed by atoms with Crippen LogP contribution in [0.25, 0.3) is 0 Å². The molecule has 2 N–H and O–H groups in total. The van der Waals surface area contributed by atoms with Crippen LogP contribution < -0.4 is 10.6 Å². The second-order valence-corrected chi connectivity index (χ2v) is 4.14. The number of rotatable bonds is 5. The Hall–Kier alpha value is -1.03. The Morgan fingerprint density at radius 2 is 1.75 bits per heavy atom. The average molecular weight is 243 g/mol. The average Bonchev–Trinajstić information content (AvgIpc) is 2.23. The van der Waals surface area contributed by atoms with Gasteiger partial charge < -0.3 is 10.6 Å². The molecule has 0 atom stereocenters. The molecule has 0 saturated heterocycles. The van der Waals surface area contributed by atoms with Gasteiger partial charge in [0.05, 0.1) is 11.4 Å². The van der Waals surface area contributed by atoms with Gasteiger partial charge >= 0.3 is 0 Å². The summed E-state index contributed by atoms with van der Waals surface area (Å²) < 4.78 is 0. The van der Waals surface area contributed by atoms with E-state index in [0.717, 1.165) is 37.4 Å². The molecule has 1 heterocycles. The molecule has 5 heteroatoms. The van der Waals surface area contributed by atoms with E-state index in [1.54, 1.807) is 0 Å². The van der Waals surface area contributed by atoms with E-state index in [9.17, 15) is 0 Å². The molecule has 90 valence electrons. The van der Waals surface area contributed by atoms with Crippen LogP contribution in [0.3, 0.4) is 0 Å². The molecule has 0 aliphatic carbocycles. The summed E-state index contributed by atoms with van der Waals surface area (Å²) in [6.07, 6.45) is 2.11. The van der Waals surface area contributed by atoms with Gasteiger partial charge in [-0.25, -0.2) is 4.98 Å². The second kappa shape index (κ2) is 5.89. The lowest BCUT2D eigenvalue weighted by Gasteiger charge is -2.24. The molecule has 0 amide bonds. The molecule has 0 aliphatic rings. The van der Waals surface area contributed by atoms with E-state index in [-0.39, 0.29) is 5.28 Å². The molecule has 1 aromatic rings. The van der Waals surface area contributed by atoms with Crippen molar-refractivity contribution in [2.24, 2.45) is 0 Å². The summed E-state index contributed by atoms with van der Waals surface area (Å²) in [6, 6.07) is 0. The highest BCUT2D eigenvalue weighted by Gasteiger charge is 2.13. The molecule has 0 fully saturated rings. The van der Waals surface area contributed by atoms with E-state index >= 15 is 0 Å². The molecule has 0 unspecified atom stereocenters. The Labute approximate surface area is 102 Å². The van der Waals surface area contributed by atoms with E-state index in [1.165, 1.54) is 0 Å². The molecule has 16 heavy (non-hydrogen) atoms. The molecule has 1 aromatic heterocycles. The van der Waals surface area contributed by atoms with Crippen molar-refractivity contribution in [1.82, 2.24) is 9.97 Å². The predicted molar refractivity (Wildman–Crippen MR) is 69.0 cm³/mol. The molecule has 0 aliphatic heterocycles. The summed E-state index contributed by atoms with van der Waals surface area (Å²) >= 11 is 5.86. The zero-order valence-corrected chi connectivity index (χ0v) is 10.9. The maximum atomic E-state index is 5.99. The van der Waals surface area contributed by atoms with Crippen molar-refractivity contribution in [2.45, 2.75) is 33.6 Å². The van der Waals surface area contributed by atoms with Crippen LogP contribution in [0, 0.1) is 6.92 Å². The Balaban J connectivity index is 3.07. The number of nitrogens with two attached hydrogens (primary N) is 1. The summed E-state index contributed by atoms with van der Waals surface area (Å²) in [7, 11) is 0. The quantitative estimate of drug-likeness (QED) is 0.807. The molecule has 1 rings (SSSR count). The molecule has 0 bridgehead atoms. The number of aryl methyl sites for hydroxylation is 1. The third kappa shape index (κ3) is 2.98. The van der Waals surface area contributed by atoms with Crippen molar-refractivity contribution in [3.05, 3.63) is 11.0 Å². The normalized spacial score (nSPS) is 10.5. The van der Waals surface area contributed by atoms with Gasteiger partial charge in [-0.05, 0) is 31.4 Å². The van der Waals surface area contributed by atoms with Crippen molar-refractivity contribution in [3.8, 4) is 0 Å². The maximum Gasteiger partial charge on any atom is 0.224 e. The van der Waals surface area contributed by atoms with Gasteiger partial charge in [0.2, 0.25) is 5.28 Å². The summed E-state index contributed by atoms with van der Waals surface area (Å²) in [4.78, 5) is 10.4. The van der Waals surface area contributed by atoms with Crippen LogP contribution in [0.15, 0.2) is 0 Å². The van der Waals surface area contributed by atoms with Crippen LogP contribution in [0.2, 0.25) is 5.28 Å². The largest absolute Gasteiger partial charge is 0.394 e. The number of aromatic nitrogens is 2. The minimum Gasteiger partial charge on any atom is -0.394 e. The van der Waals surface area contributed by atoms with Crippen LogP contribution in [0.1, 0.15) is 32.4 Å². The Morgan fingerprint density at radius 3 is 2.25 bits per heavy atom. The summed E-state index contributed by atoms with van der Waals surface area (Å²) in [5.74, 6) is 0.765. The lowest BCUT2D eigenvalue weighted by molar-refractivity contribution is 0.733. The Kier molecular flexibility index (Phi) is 4.80. The monoisotopic (exact) mass is 242 g/mol. The SMILES string of the molecule is CCCN(CCC)c1nc(Cl)nc(C)c1N. The lowest BCUT2D eigenvalue weighted by atomic mass is 10.3. The lowest BCUT2D eigenvalue weighted by Crippen LogP contribution is -2.27. The third-order valence-electron chi connectivity index (χ3n) is 2.38. The number of nitrogens with zero attached hydrogens (tertiary/aromatic N) is 3. The van der Waals surface area contributed by atoms with Gasteiger partial charge in [-0.15, -0.1) is 0 Å². The first-order chi connectivity index (χ1) is 7.60. The highest BCUT2D eigenvalue weighted by Crippen LogP contribution is 2.24. The standard InChI is InChI=1S/C11H19ClN4/c1-4-6-16(7-5-2)10-9(13)8(3)14-11(12)15-10/h4-7,13H2,1-3H3. The fourth-order valence-corrected chi connectivity index (χ4v) is 1.84. The zero-order chi connectivity index (χ0) is 12.1. The van der Waals surface area contributed by atoms with Crippen molar-refractivity contribution in [2.75, 3.05) is 23.7 Å². The minimum atomic E-state index is 0.263. The van der Waals surface area contributed by atoms with Crippen molar-refractivity contribution in [3.63, 3.8) is 0 Å². The van der Waals surface area contributed by atoms with Gasteiger partial charge in [-0.3, -0.25) is 0 Å². The van der Waals surface area contributed by atoms with Crippen LogP contribution in [0.4, 0.5) is 11.5 Å². The first-order valence-corrected chi connectivity index (χ1v) is 6.02. The van der Waals surface area contributed by atoms with Gasteiger partial charge in [0.1, 0.15) is 0 Å². The van der Waals surface area contributed by atoms with Crippen LogP contribution in [-0.4, -0.2) is 23.1 Å². The maximum absolute atomic E-state index is 5.99. The first-order valence-electron chi connectivity index (χ1n) is 5.64. The van der Waals surface area contributed by atoms with E-state index in [2.05, 4.69) is 28.7 Å². The topological polar surface area (TPSA) is 55.0 Å². The first kappa shape index (κ1) is 13.0. The molecular formula is C11H19ClN4. The van der Waals surface area contributed by atoms with Crippen LogP contribution in [-0.2, 0) is 0 Å². The Morgan fingerprint density at radius 1 is 1.19 bits per heavy atom. The molecule has 0 aromatic carbocycles. The van der Waals surface area contributed by atoms with E-state index in [0.29, 0.717) is 5.69 Å². The molecule has 0 radical (unpaired) electrons. The molecule has 0 spiro atoms. The molecule has 0 saturated carbocycles. The van der Waals surface area contributed by atoms with E-state index in [4.69, 9.17) is 17.3 Å². The number of nitrogen functional groups attached to an aromatic ring is 1. The van der Waals surface area contributed by atoms with E-state index < -0.39 is 0 Å². The number of hydrogen-bond donors (Lipinski definition) is 1. The Bertz CT molecular complexity index is 348. The number of hydrogen-bond acceptors (Lipinski definition) is 4. The van der Waals surface area contributed by atoms with Crippen LogP contribution in [0.5, 0.6) is 0 Å². The highest BCUT2D eigenvalue weighted by molar-refractivity contribution is 6.28. The fourth-order valence-electron chi connectivity index (χ4n) is 1.64. The number of halogens is 1. The summed E-state index contributed by atoms with van der Waals surface area (Å²) in [5.41, 5.74) is 7.36.